The van der Waals surface area contributed by atoms with Crippen molar-refractivity contribution in [3.8, 4) is 12.3 Å². The van der Waals surface area contributed by atoms with E-state index in [9.17, 15) is 19.2 Å². The number of rotatable bonds is 15. The summed E-state index contributed by atoms with van der Waals surface area (Å²) in [7, 11) is 3.93. The summed E-state index contributed by atoms with van der Waals surface area (Å²) in [5.41, 5.74) is 0. The van der Waals surface area contributed by atoms with Gasteiger partial charge >= 0.3 is 23.9 Å². The zero-order valence-electron chi connectivity index (χ0n) is 22.3. The van der Waals surface area contributed by atoms with Gasteiger partial charge < -0.3 is 28.2 Å². The largest absolute Gasteiger partial charge is 0.456 e. The third kappa shape index (κ3) is 11.4. The Morgan fingerprint density at radius 1 is 0.806 bits per heavy atom. The van der Waals surface area contributed by atoms with Crippen molar-refractivity contribution in [2.24, 2.45) is 0 Å². The molecule has 36 heavy (non-hydrogen) atoms. The molecule has 0 saturated carbocycles. The number of hydrogen-bond acceptors (Lipinski definition) is 9. The van der Waals surface area contributed by atoms with E-state index in [-0.39, 0.29) is 32.3 Å². The van der Waals surface area contributed by atoms with Crippen LogP contribution in [0.2, 0.25) is 0 Å². The third-order valence-corrected chi connectivity index (χ3v) is 5.47. The fraction of sp³-hybridized carbons (Fsp3) is 0.769. The normalized spacial score (nSPS) is 21.7. The number of terminal acetylenes is 1. The van der Waals surface area contributed by atoms with E-state index in [0.29, 0.717) is 43.3 Å². The average Bonchev–Trinajstić information content (AvgIpc) is 2.77. The number of quaternary nitrogens is 1. The molecule has 4 atom stereocenters. The number of hydrogen-bond donors (Lipinski definition) is 0. The molecule has 0 radical (unpaired) electrons. The first-order chi connectivity index (χ1) is 17.1. The van der Waals surface area contributed by atoms with Crippen molar-refractivity contribution in [1.82, 2.24) is 0 Å². The van der Waals surface area contributed by atoms with Crippen molar-refractivity contribution in [3.05, 3.63) is 0 Å². The van der Waals surface area contributed by atoms with Crippen molar-refractivity contribution in [2.75, 3.05) is 33.8 Å². The Morgan fingerprint density at radius 2 is 1.31 bits per heavy atom. The van der Waals surface area contributed by atoms with Crippen LogP contribution in [-0.4, -0.2) is 86.8 Å². The smallest absolute Gasteiger partial charge is 0.308 e. The molecule has 10 heteroatoms. The van der Waals surface area contributed by atoms with E-state index < -0.39 is 48.5 Å². The summed E-state index contributed by atoms with van der Waals surface area (Å²) in [6.45, 7) is 6.45. The standard InChI is InChI=1S/C26H42NO9/c1-7-12-20(28)33-19-18-32-26(36-23(31)15-11-17-27(5,6)16-10-4)25(35-22(30)14-9-3)24(19)34-21(29)13-8-2/h4,19,24-26H,7-9,11-18H2,1-3,5-6H3/q+1/t19-,24-,25-,26?/m1/s1. The highest BCUT2D eigenvalue weighted by molar-refractivity contribution is 5.72. The summed E-state index contributed by atoms with van der Waals surface area (Å²) < 4.78 is 28.4. The van der Waals surface area contributed by atoms with Crippen LogP contribution in [0.1, 0.15) is 72.1 Å². The van der Waals surface area contributed by atoms with E-state index >= 15 is 0 Å². The number of ether oxygens (including phenoxy) is 5. The van der Waals surface area contributed by atoms with E-state index in [0.717, 1.165) is 0 Å². The average molecular weight is 513 g/mol. The summed E-state index contributed by atoms with van der Waals surface area (Å²) in [6.07, 6.45) is 3.25. The molecule has 1 heterocycles. The molecule has 1 rings (SSSR count). The van der Waals surface area contributed by atoms with Crippen LogP contribution >= 0.6 is 0 Å². The quantitative estimate of drug-likeness (QED) is 0.141. The van der Waals surface area contributed by atoms with Gasteiger partial charge in [0.05, 0.1) is 33.7 Å². The maximum absolute atomic E-state index is 12.6. The lowest BCUT2D eigenvalue weighted by atomic mass is 10.0. The summed E-state index contributed by atoms with van der Waals surface area (Å²) >= 11 is 0. The van der Waals surface area contributed by atoms with E-state index in [1.807, 2.05) is 34.9 Å². The van der Waals surface area contributed by atoms with Gasteiger partial charge in [-0.2, -0.15) is 0 Å². The molecular weight excluding hydrogens is 470 g/mol. The first-order valence-electron chi connectivity index (χ1n) is 12.7. The fourth-order valence-electron chi connectivity index (χ4n) is 3.64. The van der Waals surface area contributed by atoms with Gasteiger partial charge in [0.1, 0.15) is 6.54 Å². The predicted molar refractivity (Wildman–Crippen MR) is 130 cm³/mol. The minimum atomic E-state index is -1.31. The van der Waals surface area contributed by atoms with Crippen molar-refractivity contribution < 1.29 is 47.3 Å². The van der Waals surface area contributed by atoms with Crippen LogP contribution in [0, 0.1) is 12.3 Å². The van der Waals surface area contributed by atoms with E-state index in [2.05, 4.69) is 5.92 Å². The van der Waals surface area contributed by atoms with Gasteiger partial charge in [-0.05, 0) is 25.2 Å². The van der Waals surface area contributed by atoms with Crippen molar-refractivity contribution >= 4 is 23.9 Å². The van der Waals surface area contributed by atoms with Crippen molar-refractivity contribution in [3.63, 3.8) is 0 Å². The first kappa shape index (κ1) is 31.4. The Bertz CT molecular complexity index is 774. The van der Waals surface area contributed by atoms with Gasteiger partial charge in [-0.25, -0.2) is 0 Å². The van der Waals surface area contributed by atoms with Crippen LogP contribution in [0.5, 0.6) is 0 Å². The highest BCUT2D eigenvalue weighted by atomic mass is 16.7. The predicted octanol–water partition coefficient (Wildman–Crippen LogP) is 2.51. The SMILES string of the molecule is C#CC[N+](C)(C)CCCC(=O)OC1OC[C@@H](OC(=O)CCC)[C@@H](OC(=O)CCC)[C@H]1OC(=O)CCC. The second kappa shape index (κ2) is 16.2. The molecule has 0 N–H and O–H groups in total. The fourth-order valence-corrected chi connectivity index (χ4v) is 3.64. The monoisotopic (exact) mass is 512 g/mol. The minimum Gasteiger partial charge on any atom is -0.456 e. The zero-order chi connectivity index (χ0) is 27.1. The molecule has 0 aliphatic carbocycles. The molecule has 204 valence electrons. The number of carbonyl (C=O) groups excluding carboxylic acids is 4. The Balaban J connectivity index is 3.04. The van der Waals surface area contributed by atoms with Gasteiger partial charge in [-0.3, -0.25) is 19.2 Å². The second-order valence-corrected chi connectivity index (χ2v) is 9.50. The molecule has 1 fully saturated rings. The first-order valence-corrected chi connectivity index (χ1v) is 12.7. The topological polar surface area (TPSA) is 114 Å². The Hall–Kier alpha value is -2.64. The van der Waals surface area contributed by atoms with Crippen LogP contribution in [0.15, 0.2) is 0 Å². The molecule has 10 nitrogen and oxygen atoms in total. The lowest BCUT2D eigenvalue weighted by Crippen LogP contribution is -2.58. The second-order valence-electron chi connectivity index (χ2n) is 9.50. The van der Waals surface area contributed by atoms with Crippen LogP contribution in [-0.2, 0) is 42.9 Å². The summed E-state index contributed by atoms with van der Waals surface area (Å²) in [5.74, 6) is 0.440. The van der Waals surface area contributed by atoms with Crippen LogP contribution in [0.3, 0.4) is 0 Å². The molecule has 0 aromatic rings. The Morgan fingerprint density at radius 3 is 1.83 bits per heavy atom. The molecule has 1 aliphatic heterocycles. The van der Waals surface area contributed by atoms with Gasteiger partial charge in [0.2, 0.25) is 12.4 Å². The van der Waals surface area contributed by atoms with Gasteiger partial charge in [-0.15, -0.1) is 6.42 Å². The maximum Gasteiger partial charge on any atom is 0.308 e. The lowest BCUT2D eigenvalue weighted by Gasteiger charge is -2.40. The third-order valence-electron chi connectivity index (χ3n) is 5.47. The highest BCUT2D eigenvalue weighted by Crippen LogP contribution is 2.27. The zero-order valence-corrected chi connectivity index (χ0v) is 22.3. The van der Waals surface area contributed by atoms with Gasteiger partial charge in [0, 0.05) is 25.7 Å². The molecule has 1 aliphatic rings. The van der Waals surface area contributed by atoms with Gasteiger partial charge in [-0.1, -0.05) is 20.8 Å². The van der Waals surface area contributed by atoms with Crippen molar-refractivity contribution in [1.29, 1.82) is 0 Å². The molecular formula is C26H42NO9+. The van der Waals surface area contributed by atoms with Crippen LogP contribution in [0.25, 0.3) is 0 Å². The van der Waals surface area contributed by atoms with Crippen LogP contribution in [0.4, 0.5) is 0 Å². The van der Waals surface area contributed by atoms with E-state index in [1.54, 1.807) is 0 Å². The molecule has 0 spiro atoms. The number of nitrogens with zero attached hydrogens (tertiary/aromatic N) is 1. The summed E-state index contributed by atoms with van der Waals surface area (Å²) in [5, 5.41) is 0. The molecule has 0 bridgehead atoms. The Labute approximate surface area is 214 Å². The molecule has 0 aromatic carbocycles. The number of carbonyl (C=O) groups is 4. The molecule has 1 saturated heterocycles. The van der Waals surface area contributed by atoms with E-state index in [1.165, 1.54) is 0 Å². The van der Waals surface area contributed by atoms with Crippen molar-refractivity contribution in [2.45, 2.75) is 96.7 Å². The van der Waals surface area contributed by atoms with Gasteiger partial charge in [0.15, 0.2) is 12.2 Å². The molecule has 0 amide bonds. The molecule has 1 unspecified atom stereocenters. The number of esters is 4. The lowest BCUT2D eigenvalue weighted by molar-refractivity contribution is -0.883. The summed E-state index contributed by atoms with van der Waals surface area (Å²) in [4.78, 5) is 49.6. The molecule has 0 aromatic heterocycles. The highest BCUT2D eigenvalue weighted by Gasteiger charge is 2.49. The minimum absolute atomic E-state index is 0.0942. The van der Waals surface area contributed by atoms with Gasteiger partial charge in [0.25, 0.3) is 0 Å². The van der Waals surface area contributed by atoms with Crippen LogP contribution < -0.4 is 0 Å². The Kier molecular flexibility index (Phi) is 14.1. The summed E-state index contributed by atoms with van der Waals surface area (Å²) in [6, 6.07) is 0. The van der Waals surface area contributed by atoms with E-state index in [4.69, 9.17) is 30.1 Å². The maximum atomic E-state index is 12.6.